The smallest absolute Gasteiger partial charge is 0.253 e. The number of para-hydroxylation sites is 1. The van der Waals surface area contributed by atoms with Gasteiger partial charge in [-0.1, -0.05) is 18.2 Å². The van der Waals surface area contributed by atoms with Crippen LogP contribution in [0.15, 0.2) is 40.1 Å². The zero-order chi connectivity index (χ0) is 27.4. The fourth-order valence-electron chi connectivity index (χ4n) is 3.42. The molecule has 0 fully saturated rings. The Morgan fingerprint density at radius 2 is 1.86 bits per heavy atom. The van der Waals surface area contributed by atoms with E-state index in [-0.39, 0.29) is 60.0 Å². The lowest BCUT2D eigenvalue weighted by Crippen LogP contribution is -2.39. The molecule has 0 aliphatic heterocycles. The van der Waals surface area contributed by atoms with Crippen LogP contribution in [0.3, 0.4) is 0 Å². The Hall–Kier alpha value is -3.52. The topological polar surface area (TPSA) is 288 Å². The Labute approximate surface area is 211 Å². The van der Waals surface area contributed by atoms with Gasteiger partial charge in [-0.25, -0.2) is 26.7 Å². The molecular weight excluding hydrogens is 528 g/mol. The van der Waals surface area contributed by atoms with Crippen LogP contribution >= 0.6 is 0 Å². The van der Waals surface area contributed by atoms with Gasteiger partial charge in [0.1, 0.15) is 9.79 Å². The molecule has 3 aromatic rings. The second kappa shape index (κ2) is 11.3. The highest BCUT2D eigenvalue weighted by atomic mass is 32.2. The molecule has 0 aliphatic rings. The number of nitrogens with one attached hydrogen (secondary N) is 3. The molecule has 3 rings (SSSR count). The van der Waals surface area contributed by atoms with Gasteiger partial charge in [0, 0.05) is 31.2 Å². The number of primary sulfonamides is 1. The first-order valence-electron chi connectivity index (χ1n) is 10.6. The molecule has 1 aromatic heterocycles. The third-order valence-electron chi connectivity index (χ3n) is 5.10. The Balaban J connectivity index is 2.30. The first-order valence-corrected chi connectivity index (χ1v) is 13.6. The Bertz CT molecular complexity index is 1490. The van der Waals surface area contributed by atoms with Gasteiger partial charge in [-0.2, -0.15) is 5.21 Å². The molecule has 18 heteroatoms. The van der Waals surface area contributed by atoms with Crippen molar-refractivity contribution in [2.24, 2.45) is 16.6 Å². The highest BCUT2D eigenvalue weighted by Gasteiger charge is 2.32. The number of hydrogen-bond donors (Lipinski definition) is 8. The van der Waals surface area contributed by atoms with Crippen molar-refractivity contribution in [3.8, 4) is 22.5 Å². The number of aliphatic hydroxyl groups excluding tert-OH is 1. The number of sulfonamides is 2. The third-order valence-corrected chi connectivity index (χ3v) is 7.73. The number of hydrogen-bond acceptors (Lipinski definition) is 12. The lowest BCUT2D eigenvalue weighted by molar-refractivity contribution is 0.0948. The first-order chi connectivity index (χ1) is 17.4. The van der Waals surface area contributed by atoms with Gasteiger partial charge in [-0.15, -0.1) is 10.2 Å². The number of tetrazole rings is 1. The van der Waals surface area contributed by atoms with Gasteiger partial charge in [0.05, 0.1) is 23.4 Å². The lowest BCUT2D eigenvalue weighted by Gasteiger charge is -2.18. The number of carbonyl (C=O) groups excluding carboxylic acids is 1. The SMILES string of the molecule is NCCNS(=O)(=O)c1ccc(-c2cccc(C(=O)NCC(N)CO)c2N)c(-c2nn[nH]n2)c1S(N)(=O)=O. The highest BCUT2D eigenvalue weighted by molar-refractivity contribution is 7.92. The van der Waals surface area contributed by atoms with E-state index in [1.165, 1.54) is 24.3 Å². The fourth-order valence-corrected chi connectivity index (χ4v) is 6.07. The van der Waals surface area contributed by atoms with Gasteiger partial charge in [-0.05, 0) is 22.9 Å². The minimum Gasteiger partial charge on any atom is -0.398 e. The maximum atomic E-state index is 12.9. The molecule has 1 atom stereocenters. The van der Waals surface area contributed by atoms with Crippen LogP contribution in [0.1, 0.15) is 10.4 Å². The van der Waals surface area contributed by atoms with Crippen molar-refractivity contribution >= 4 is 31.6 Å². The minimum absolute atomic E-state index is 0.0140. The standard InChI is InChI=1S/C19H26N10O6S2/c20-6-7-25-37(34,35)14-5-4-11(15(17(14)36(23,32)33)18-26-28-29-27-18)12-2-1-3-13(16(12)22)19(31)24-8-10(21)9-30/h1-5,10,25,30H,6-9,20-22H2,(H,24,31)(H2,23,32,33)(H,26,27,28,29). The normalized spacial score (nSPS) is 12.9. The van der Waals surface area contributed by atoms with E-state index in [1.54, 1.807) is 0 Å². The predicted molar refractivity (Wildman–Crippen MR) is 132 cm³/mol. The number of aromatic amines is 1. The second-order valence-electron chi connectivity index (χ2n) is 7.70. The summed E-state index contributed by atoms with van der Waals surface area (Å²) in [6.07, 6.45) is 0. The number of nitrogen functional groups attached to an aromatic ring is 1. The van der Waals surface area contributed by atoms with Gasteiger partial charge < -0.3 is 27.6 Å². The molecule has 200 valence electrons. The lowest BCUT2D eigenvalue weighted by atomic mass is 9.95. The zero-order valence-corrected chi connectivity index (χ0v) is 20.9. The number of nitrogens with two attached hydrogens (primary N) is 4. The summed E-state index contributed by atoms with van der Waals surface area (Å²) in [5.41, 5.74) is 17.1. The van der Waals surface area contributed by atoms with E-state index in [2.05, 4.69) is 30.7 Å². The number of H-pyrrole nitrogens is 1. The monoisotopic (exact) mass is 554 g/mol. The Morgan fingerprint density at radius 1 is 1.14 bits per heavy atom. The summed E-state index contributed by atoms with van der Waals surface area (Å²) in [5.74, 6) is -0.903. The average Bonchev–Trinajstić information content (AvgIpc) is 3.39. The number of carbonyl (C=O) groups is 1. The molecule has 0 bridgehead atoms. The number of aromatic nitrogens is 4. The second-order valence-corrected chi connectivity index (χ2v) is 10.9. The predicted octanol–water partition coefficient (Wildman–Crippen LogP) is -2.95. The molecule has 37 heavy (non-hydrogen) atoms. The molecule has 0 spiro atoms. The van der Waals surface area contributed by atoms with Crippen molar-refractivity contribution in [3.63, 3.8) is 0 Å². The van der Waals surface area contributed by atoms with Gasteiger partial charge in [0.2, 0.25) is 25.9 Å². The van der Waals surface area contributed by atoms with Crippen LogP contribution in [0.2, 0.25) is 0 Å². The fraction of sp³-hybridized carbons (Fsp3) is 0.263. The highest BCUT2D eigenvalue weighted by Crippen LogP contribution is 2.41. The first kappa shape index (κ1) is 28.1. The largest absolute Gasteiger partial charge is 0.398 e. The average molecular weight is 555 g/mol. The molecule has 1 unspecified atom stereocenters. The summed E-state index contributed by atoms with van der Waals surface area (Å²) in [6.45, 7) is -0.606. The Kier molecular flexibility index (Phi) is 8.53. The number of aliphatic hydroxyl groups is 1. The van der Waals surface area contributed by atoms with Crippen molar-refractivity contribution in [1.29, 1.82) is 0 Å². The molecule has 0 radical (unpaired) electrons. The van der Waals surface area contributed by atoms with E-state index < -0.39 is 41.8 Å². The van der Waals surface area contributed by atoms with Crippen molar-refractivity contribution in [3.05, 3.63) is 35.9 Å². The van der Waals surface area contributed by atoms with Gasteiger partial charge >= 0.3 is 0 Å². The molecule has 16 nitrogen and oxygen atoms in total. The van der Waals surface area contributed by atoms with Gasteiger partial charge in [0.15, 0.2) is 0 Å². The number of amides is 1. The van der Waals surface area contributed by atoms with Crippen molar-refractivity contribution < 1.29 is 26.7 Å². The van der Waals surface area contributed by atoms with E-state index >= 15 is 0 Å². The Morgan fingerprint density at radius 3 is 2.46 bits per heavy atom. The van der Waals surface area contributed by atoms with E-state index in [1.807, 2.05) is 0 Å². The summed E-state index contributed by atoms with van der Waals surface area (Å²) in [5, 5.41) is 30.3. The van der Waals surface area contributed by atoms with Crippen LogP contribution in [0.5, 0.6) is 0 Å². The minimum atomic E-state index is -4.72. The number of rotatable bonds is 11. The van der Waals surface area contributed by atoms with E-state index in [0.29, 0.717) is 0 Å². The van der Waals surface area contributed by atoms with Crippen molar-refractivity contribution in [1.82, 2.24) is 30.7 Å². The summed E-state index contributed by atoms with van der Waals surface area (Å²) < 4.78 is 53.6. The molecule has 2 aromatic carbocycles. The molecule has 0 saturated heterocycles. The number of nitrogens with zero attached hydrogens (tertiary/aromatic N) is 3. The third kappa shape index (κ3) is 6.07. The van der Waals surface area contributed by atoms with Gasteiger partial charge in [0.25, 0.3) is 5.91 Å². The van der Waals surface area contributed by atoms with E-state index in [4.69, 9.17) is 27.4 Å². The summed E-state index contributed by atoms with van der Waals surface area (Å²) in [6, 6.07) is 6.01. The van der Waals surface area contributed by atoms with E-state index in [9.17, 15) is 21.6 Å². The van der Waals surface area contributed by atoms with Crippen LogP contribution in [-0.4, -0.2) is 80.8 Å². The summed E-state index contributed by atoms with van der Waals surface area (Å²) in [7, 11) is -9.12. The maximum absolute atomic E-state index is 12.9. The molecular formula is C19H26N10O6S2. The van der Waals surface area contributed by atoms with E-state index in [0.717, 1.165) is 6.07 Å². The number of anilines is 1. The molecule has 12 N–H and O–H groups in total. The summed E-state index contributed by atoms with van der Waals surface area (Å²) in [4.78, 5) is 11.2. The molecule has 1 heterocycles. The summed E-state index contributed by atoms with van der Waals surface area (Å²) >= 11 is 0. The molecule has 1 amide bonds. The van der Waals surface area contributed by atoms with Crippen LogP contribution < -0.4 is 32.4 Å². The quantitative estimate of drug-likeness (QED) is 0.110. The van der Waals surface area contributed by atoms with Crippen LogP contribution in [0.25, 0.3) is 22.5 Å². The van der Waals surface area contributed by atoms with Crippen molar-refractivity contribution in [2.75, 3.05) is 32.0 Å². The molecule has 0 saturated carbocycles. The molecule has 0 aliphatic carbocycles. The van der Waals surface area contributed by atoms with Crippen LogP contribution in [0, 0.1) is 0 Å². The van der Waals surface area contributed by atoms with Gasteiger partial charge in [-0.3, -0.25) is 4.79 Å². The van der Waals surface area contributed by atoms with Crippen LogP contribution in [-0.2, 0) is 20.0 Å². The number of benzene rings is 2. The zero-order valence-electron chi connectivity index (χ0n) is 19.2. The van der Waals surface area contributed by atoms with Crippen LogP contribution in [0.4, 0.5) is 5.69 Å². The maximum Gasteiger partial charge on any atom is 0.253 e. The van der Waals surface area contributed by atoms with Crippen molar-refractivity contribution in [2.45, 2.75) is 15.8 Å².